The van der Waals surface area contributed by atoms with E-state index >= 15 is 0 Å². The van der Waals surface area contributed by atoms with Crippen LogP contribution in [0.3, 0.4) is 0 Å². The van der Waals surface area contributed by atoms with Crippen LogP contribution in [0.25, 0.3) is 22.3 Å². The van der Waals surface area contributed by atoms with Gasteiger partial charge in [0.1, 0.15) is 11.3 Å². The fourth-order valence-corrected chi connectivity index (χ4v) is 2.71. The normalized spacial score (nSPS) is 14.3. The highest BCUT2D eigenvalue weighted by atomic mass is 16.5. The van der Waals surface area contributed by atoms with Crippen LogP contribution in [0.1, 0.15) is 18.4 Å². The van der Waals surface area contributed by atoms with Crippen LogP contribution in [0.5, 0.6) is 5.75 Å². The molecule has 0 spiro atoms. The Hall–Kier alpha value is -2.49. The zero-order chi connectivity index (χ0) is 14.1. The first-order valence-electron chi connectivity index (χ1n) is 7.23. The molecule has 0 bridgehead atoms. The highest BCUT2D eigenvalue weighted by Gasteiger charge is 2.11. The average molecular weight is 277 g/mol. The van der Waals surface area contributed by atoms with E-state index in [0.29, 0.717) is 5.65 Å². The highest BCUT2D eigenvalue weighted by molar-refractivity contribution is 5.77. The Kier molecular flexibility index (Phi) is 2.99. The first-order chi connectivity index (χ1) is 10.4. The van der Waals surface area contributed by atoms with Gasteiger partial charge in [-0.2, -0.15) is 0 Å². The Balaban J connectivity index is 1.79. The number of aromatic nitrogens is 3. The van der Waals surface area contributed by atoms with Gasteiger partial charge in [0.2, 0.25) is 0 Å². The molecule has 1 aliphatic rings. The lowest BCUT2D eigenvalue weighted by Gasteiger charge is -2.09. The number of benzene rings is 1. The quantitative estimate of drug-likeness (QED) is 0.684. The number of rotatable bonds is 1. The van der Waals surface area contributed by atoms with Gasteiger partial charge in [-0.05, 0) is 48.6 Å². The summed E-state index contributed by atoms with van der Waals surface area (Å²) in [6.07, 6.45) is 8.59. The standard InChI is InChI=1S/C17H15N3O/c1-2-8-21-16-5-4-12(9-13(16)3-1)14-10-15-17(20-11-14)19-7-6-18-15/h4-7,9-11H,1-3,8H2. The lowest BCUT2D eigenvalue weighted by molar-refractivity contribution is 0.317. The summed E-state index contributed by atoms with van der Waals surface area (Å²) in [4.78, 5) is 12.9. The monoisotopic (exact) mass is 277 g/mol. The molecule has 4 heteroatoms. The van der Waals surface area contributed by atoms with Gasteiger partial charge in [-0.25, -0.2) is 9.97 Å². The number of aryl methyl sites for hydroxylation is 1. The lowest BCUT2D eigenvalue weighted by Crippen LogP contribution is -1.95. The summed E-state index contributed by atoms with van der Waals surface area (Å²) < 4.78 is 5.77. The van der Waals surface area contributed by atoms with Gasteiger partial charge in [0.25, 0.3) is 0 Å². The van der Waals surface area contributed by atoms with E-state index in [9.17, 15) is 0 Å². The first kappa shape index (κ1) is 12.3. The fourth-order valence-electron chi connectivity index (χ4n) is 2.71. The second-order valence-electron chi connectivity index (χ2n) is 5.25. The minimum atomic E-state index is 0.680. The molecule has 1 aromatic carbocycles. The Morgan fingerprint density at radius 2 is 1.86 bits per heavy atom. The largest absolute Gasteiger partial charge is 0.493 e. The molecular weight excluding hydrogens is 262 g/mol. The summed E-state index contributed by atoms with van der Waals surface area (Å²) in [7, 11) is 0. The number of fused-ring (bicyclic) bond motifs is 2. The summed E-state index contributed by atoms with van der Waals surface area (Å²) in [5.41, 5.74) is 5.00. The van der Waals surface area contributed by atoms with Gasteiger partial charge in [-0.3, -0.25) is 4.98 Å². The van der Waals surface area contributed by atoms with E-state index in [-0.39, 0.29) is 0 Å². The topological polar surface area (TPSA) is 47.9 Å². The molecule has 0 N–H and O–H groups in total. The van der Waals surface area contributed by atoms with Gasteiger partial charge in [0.05, 0.1) is 6.61 Å². The van der Waals surface area contributed by atoms with Crippen molar-refractivity contribution in [1.82, 2.24) is 15.0 Å². The van der Waals surface area contributed by atoms with E-state index in [4.69, 9.17) is 4.74 Å². The third-order valence-corrected chi connectivity index (χ3v) is 3.82. The average Bonchev–Trinajstić information content (AvgIpc) is 2.79. The molecule has 0 saturated heterocycles. The van der Waals surface area contributed by atoms with Crippen molar-refractivity contribution in [2.45, 2.75) is 19.3 Å². The van der Waals surface area contributed by atoms with Crippen molar-refractivity contribution in [2.75, 3.05) is 6.61 Å². The molecule has 0 radical (unpaired) electrons. The maximum atomic E-state index is 5.77. The van der Waals surface area contributed by atoms with E-state index in [0.717, 1.165) is 41.8 Å². The van der Waals surface area contributed by atoms with E-state index in [1.54, 1.807) is 12.4 Å². The van der Waals surface area contributed by atoms with Gasteiger partial charge in [0.15, 0.2) is 5.65 Å². The molecule has 4 rings (SSSR count). The Labute approximate surface area is 122 Å². The third kappa shape index (κ3) is 2.33. The van der Waals surface area contributed by atoms with E-state index < -0.39 is 0 Å². The van der Waals surface area contributed by atoms with Crippen molar-refractivity contribution < 1.29 is 4.74 Å². The zero-order valence-electron chi connectivity index (χ0n) is 11.6. The summed E-state index contributed by atoms with van der Waals surface area (Å²) in [5, 5.41) is 0. The molecule has 0 saturated carbocycles. The molecule has 0 unspecified atom stereocenters. The summed E-state index contributed by atoms with van der Waals surface area (Å²) in [5.74, 6) is 1.02. The van der Waals surface area contributed by atoms with Crippen LogP contribution in [0, 0.1) is 0 Å². The molecule has 2 aromatic heterocycles. The molecule has 3 aromatic rings. The summed E-state index contributed by atoms with van der Waals surface area (Å²) >= 11 is 0. The molecule has 4 nitrogen and oxygen atoms in total. The Morgan fingerprint density at radius 3 is 2.86 bits per heavy atom. The van der Waals surface area contributed by atoms with Crippen molar-refractivity contribution in [1.29, 1.82) is 0 Å². The predicted octanol–water partition coefficient (Wildman–Crippen LogP) is 3.41. The van der Waals surface area contributed by atoms with Gasteiger partial charge >= 0.3 is 0 Å². The van der Waals surface area contributed by atoms with Gasteiger partial charge in [-0.1, -0.05) is 6.07 Å². The molecule has 0 aliphatic carbocycles. The second kappa shape index (κ2) is 5.13. The number of ether oxygens (including phenoxy) is 1. The van der Waals surface area contributed by atoms with Crippen LogP contribution in [0.4, 0.5) is 0 Å². The minimum absolute atomic E-state index is 0.680. The Bertz CT molecular complexity index is 801. The van der Waals surface area contributed by atoms with Gasteiger partial charge in [0, 0.05) is 24.2 Å². The van der Waals surface area contributed by atoms with Crippen molar-refractivity contribution in [3.05, 3.63) is 48.4 Å². The van der Waals surface area contributed by atoms with Gasteiger partial charge in [-0.15, -0.1) is 0 Å². The number of hydrogen-bond donors (Lipinski definition) is 0. The molecule has 0 amide bonds. The molecule has 0 atom stereocenters. The SMILES string of the molecule is c1cnc2ncc(-c3ccc4c(c3)CCCCO4)cc2n1. The number of pyridine rings is 1. The van der Waals surface area contributed by atoms with Crippen LogP contribution in [-0.2, 0) is 6.42 Å². The number of nitrogens with zero attached hydrogens (tertiary/aromatic N) is 3. The van der Waals surface area contributed by atoms with Crippen LogP contribution in [-0.4, -0.2) is 21.6 Å². The van der Waals surface area contributed by atoms with E-state index in [2.05, 4.69) is 33.2 Å². The van der Waals surface area contributed by atoms with Crippen LogP contribution in [0.2, 0.25) is 0 Å². The van der Waals surface area contributed by atoms with E-state index in [1.165, 1.54) is 12.0 Å². The lowest BCUT2D eigenvalue weighted by atomic mass is 10.0. The van der Waals surface area contributed by atoms with Crippen LogP contribution in [0.15, 0.2) is 42.9 Å². The predicted molar refractivity (Wildman–Crippen MR) is 81.2 cm³/mol. The fraction of sp³-hybridized carbons (Fsp3) is 0.235. The minimum Gasteiger partial charge on any atom is -0.493 e. The molecule has 3 heterocycles. The molecule has 1 aliphatic heterocycles. The summed E-state index contributed by atoms with van der Waals surface area (Å²) in [6.45, 7) is 0.819. The maximum Gasteiger partial charge on any atom is 0.178 e. The van der Waals surface area contributed by atoms with Crippen LogP contribution >= 0.6 is 0 Å². The van der Waals surface area contributed by atoms with E-state index in [1.807, 2.05) is 12.3 Å². The molecular formula is C17H15N3O. The summed E-state index contributed by atoms with van der Waals surface area (Å²) in [6, 6.07) is 8.40. The zero-order valence-corrected chi connectivity index (χ0v) is 11.6. The van der Waals surface area contributed by atoms with Crippen molar-refractivity contribution in [3.63, 3.8) is 0 Å². The highest BCUT2D eigenvalue weighted by Crippen LogP contribution is 2.30. The maximum absolute atomic E-state index is 5.77. The van der Waals surface area contributed by atoms with Crippen molar-refractivity contribution in [3.8, 4) is 16.9 Å². The first-order valence-corrected chi connectivity index (χ1v) is 7.23. The molecule has 21 heavy (non-hydrogen) atoms. The molecule has 104 valence electrons. The smallest absolute Gasteiger partial charge is 0.178 e. The van der Waals surface area contributed by atoms with Crippen LogP contribution < -0.4 is 4.74 Å². The van der Waals surface area contributed by atoms with Gasteiger partial charge < -0.3 is 4.74 Å². The third-order valence-electron chi connectivity index (χ3n) is 3.82. The number of hydrogen-bond acceptors (Lipinski definition) is 4. The van der Waals surface area contributed by atoms with Crippen molar-refractivity contribution in [2.24, 2.45) is 0 Å². The van der Waals surface area contributed by atoms with Crippen molar-refractivity contribution >= 4 is 11.2 Å². The second-order valence-corrected chi connectivity index (χ2v) is 5.25. The molecule has 0 fully saturated rings. The Morgan fingerprint density at radius 1 is 0.905 bits per heavy atom.